The summed E-state index contributed by atoms with van der Waals surface area (Å²) < 4.78 is 5.31. The molecule has 8 rings (SSSR count). The Kier molecular flexibility index (Phi) is 8.24. The molecule has 0 amide bonds. The molecule has 0 nitrogen and oxygen atoms in total. The van der Waals surface area contributed by atoms with Gasteiger partial charge in [-0.05, 0) is 71.8 Å². The van der Waals surface area contributed by atoms with Gasteiger partial charge in [0.25, 0.3) is 0 Å². The molecular formula is C34H20S8. The second-order valence-corrected chi connectivity index (χ2v) is 18.9. The van der Waals surface area contributed by atoms with E-state index in [2.05, 4.69) is 121 Å². The zero-order valence-electron chi connectivity index (χ0n) is 21.8. The molecule has 0 bridgehead atoms. The second-order valence-electron chi connectivity index (χ2n) is 9.35. The van der Waals surface area contributed by atoms with Gasteiger partial charge in [0.15, 0.2) is 0 Å². The molecule has 0 saturated heterocycles. The molecule has 0 atom stereocenters. The Morgan fingerprint density at radius 1 is 0.333 bits per heavy atom. The number of hydrogen-bond acceptors (Lipinski definition) is 8. The standard InChI is InChI=1S/C34H20S8/c1-2-10-24-23(9-1)35-31(36-24)19-21(33-39-27-13-5-6-14-28(27)40-33)17-18-22(34-41-29-15-7-8-16-30(29)42-34)20-32-37-25-11-3-4-12-26(25)38-32/h1-20H/b18-17+. The minimum absolute atomic E-state index is 1.26. The maximum absolute atomic E-state index is 2.39. The molecule has 0 saturated carbocycles. The van der Waals surface area contributed by atoms with Crippen LogP contribution in [-0.4, -0.2) is 0 Å². The van der Waals surface area contributed by atoms with E-state index in [4.69, 9.17) is 0 Å². The Labute approximate surface area is 280 Å². The molecular weight excluding hydrogens is 665 g/mol. The summed E-state index contributed by atoms with van der Waals surface area (Å²) in [6, 6.07) is 34.9. The maximum atomic E-state index is 2.39. The van der Waals surface area contributed by atoms with Crippen LogP contribution in [0.5, 0.6) is 0 Å². The smallest absolute Gasteiger partial charge is 0.0572 e. The molecule has 8 heteroatoms. The van der Waals surface area contributed by atoms with Crippen LogP contribution in [0.3, 0.4) is 0 Å². The highest BCUT2D eigenvalue weighted by molar-refractivity contribution is 8.26. The van der Waals surface area contributed by atoms with Crippen molar-refractivity contribution >= 4 is 94.1 Å². The summed E-state index contributed by atoms with van der Waals surface area (Å²) in [5.74, 6) is 0. The molecule has 0 unspecified atom stereocenters. The highest BCUT2D eigenvalue weighted by Crippen LogP contribution is 2.57. The SMILES string of the molecule is C(=C1Sc2ccccc2S1)C(/C=C/C(C=C1Sc2ccccc2S1)=C1Sc2ccccc2S1)=C1Sc2ccccc2S1. The van der Waals surface area contributed by atoms with Gasteiger partial charge in [-0.15, -0.1) is 0 Å². The molecule has 4 heterocycles. The summed E-state index contributed by atoms with van der Waals surface area (Å²) in [7, 11) is 0. The summed E-state index contributed by atoms with van der Waals surface area (Å²) in [5.41, 5.74) is 2.53. The van der Waals surface area contributed by atoms with Gasteiger partial charge in [-0.2, -0.15) is 0 Å². The summed E-state index contributed by atoms with van der Waals surface area (Å²) in [5, 5.41) is 0. The van der Waals surface area contributed by atoms with Crippen LogP contribution in [-0.2, 0) is 0 Å². The van der Waals surface area contributed by atoms with Gasteiger partial charge in [-0.3, -0.25) is 0 Å². The lowest BCUT2D eigenvalue weighted by Crippen LogP contribution is -1.82. The van der Waals surface area contributed by atoms with E-state index in [9.17, 15) is 0 Å². The van der Waals surface area contributed by atoms with Crippen molar-refractivity contribution in [1.82, 2.24) is 0 Å². The molecule has 0 aromatic heterocycles. The number of allylic oxidation sites excluding steroid dienone is 6. The van der Waals surface area contributed by atoms with Crippen LogP contribution in [0.25, 0.3) is 0 Å². The highest BCUT2D eigenvalue weighted by Gasteiger charge is 2.24. The quantitative estimate of drug-likeness (QED) is 0.206. The van der Waals surface area contributed by atoms with Crippen LogP contribution in [0.4, 0.5) is 0 Å². The van der Waals surface area contributed by atoms with Crippen molar-refractivity contribution in [3.05, 3.63) is 149 Å². The molecule has 4 aliphatic heterocycles. The summed E-state index contributed by atoms with van der Waals surface area (Å²) in [6.07, 6.45) is 9.47. The molecule has 0 radical (unpaired) electrons. The van der Waals surface area contributed by atoms with Gasteiger partial charge in [0.05, 0.1) is 16.9 Å². The van der Waals surface area contributed by atoms with Gasteiger partial charge in [0.1, 0.15) is 0 Å². The molecule has 0 N–H and O–H groups in total. The Morgan fingerprint density at radius 3 is 0.833 bits per heavy atom. The van der Waals surface area contributed by atoms with E-state index >= 15 is 0 Å². The van der Waals surface area contributed by atoms with Gasteiger partial charge >= 0.3 is 0 Å². The molecule has 4 aromatic rings. The van der Waals surface area contributed by atoms with Crippen LogP contribution >= 0.6 is 94.1 Å². The van der Waals surface area contributed by atoms with Crippen molar-refractivity contribution in [2.45, 2.75) is 39.2 Å². The largest absolute Gasteiger partial charge is 0.0815 e. The summed E-state index contributed by atoms with van der Waals surface area (Å²) >= 11 is 15.1. The van der Waals surface area contributed by atoms with Gasteiger partial charge in [0, 0.05) is 39.2 Å². The van der Waals surface area contributed by atoms with E-state index in [1.165, 1.54) is 67.3 Å². The normalized spacial score (nSPS) is 16.5. The lowest BCUT2D eigenvalue weighted by molar-refractivity contribution is 1.27. The average molecular weight is 685 g/mol. The van der Waals surface area contributed by atoms with Crippen molar-refractivity contribution in [3.8, 4) is 0 Å². The third-order valence-electron chi connectivity index (χ3n) is 6.51. The second kappa shape index (κ2) is 12.4. The third-order valence-corrected chi connectivity index (χ3v) is 16.6. The van der Waals surface area contributed by atoms with E-state index in [0.29, 0.717) is 0 Å². The third kappa shape index (κ3) is 5.89. The fraction of sp³-hybridized carbons (Fsp3) is 0. The fourth-order valence-corrected chi connectivity index (χ4v) is 14.3. The molecule has 4 aromatic carbocycles. The molecule has 0 spiro atoms. The topological polar surface area (TPSA) is 0 Å². The van der Waals surface area contributed by atoms with Crippen molar-refractivity contribution in [3.63, 3.8) is 0 Å². The van der Waals surface area contributed by atoms with Gasteiger partial charge in [-0.25, -0.2) is 0 Å². The number of hydrogen-bond donors (Lipinski definition) is 0. The number of fused-ring (bicyclic) bond motifs is 4. The molecule has 204 valence electrons. The fourth-order valence-electron chi connectivity index (χ4n) is 4.53. The van der Waals surface area contributed by atoms with Crippen LogP contribution in [0, 0.1) is 0 Å². The van der Waals surface area contributed by atoms with E-state index in [1.54, 1.807) is 0 Å². The first-order chi connectivity index (χ1) is 20.7. The first-order valence-corrected chi connectivity index (χ1v) is 19.7. The zero-order valence-corrected chi connectivity index (χ0v) is 28.3. The predicted octanol–water partition coefficient (Wildman–Crippen LogP) is 13.2. The van der Waals surface area contributed by atoms with Crippen molar-refractivity contribution < 1.29 is 0 Å². The van der Waals surface area contributed by atoms with E-state index in [0.717, 1.165) is 0 Å². The van der Waals surface area contributed by atoms with Gasteiger partial charge in [0.2, 0.25) is 0 Å². The van der Waals surface area contributed by atoms with Crippen molar-refractivity contribution in [2.24, 2.45) is 0 Å². The molecule has 0 fully saturated rings. The number of rotatable bonds is 4. The average Bonchev–Trinajstić information content (AvgIpc) is 3.81. The van der Waals surface area contributed by atoms with Crippen LogP contribution in [0.1, 0.15) is 0 Å². The Bertz CT molecular complexity index is 1650. The van der Waals surface area contributed by atoms with E-state index < -0.39 is 0 Å². The van der Waals surface area contributed by atoms with Gasteiger partial charge < -0.3 is 0 Å². The lowest BCUT2D eigenvalue weighted by Gasteiger charge is -2.06. The summed E-state index contributed by atoms with van der Waals surface area (Å²) in [6.45, 7) is 0. The van der Waals surface area contributed by atoms with E-state index in [-0.39, 0.29) is 0 Å². The lowest BCUT2D eigenvalue weighted by atomic mass is 10.2. The Hall–Kier alpha value is -1.62. The first kappa shape index (κ1) is 27.9. The minimum Gasteiger partial charge on any atom is -0.0815 e. The highest BCUT2D eigenvalue weighted by atomic mass is 32.2. The Balaban J connectivity index is 1.19. The minimum atomic E-state index is 1.26. The number of thioether (sulfide) groups is 8. The van der Waals surface area contributed by atoms with Crippen molar-refractivity contribution in [2.75, 3.05) is 0 Å². The Morgan fingerprint density at radius 2 is 0.571 bits per heavy atom. The maximum Gasteiger partial charge on any atom is 0.0572 e. The van der Waals surface area contributed by atoms with E-state index in [1.807, 2.05) is 94.1 Å². The molecule has 0 aliphatic carbocycles. The number of benzene rings is 4. The first-order valence-electron chi connectivity index (χ1n) is 13.1. The van der Waals surface area contributed by atoms with Crippen LogP contribution in [0.2, 0.25) is 0 Å². The van der Waals surface area contributed by atoms with Gasteiger partial charge in [-0.1, -0.05) is 155 Å². The zero-order chi connectivity index (χ0) is 27.9. The van der Waals surface area contributed by atoms with Crippen LogP contribution < -0.4 is 0 Å². The predicted molar refractivity (Wildman–Crippen MR) is 192 cm³/mol. The van der Waals surface area contributed by atoms with Crippen molar-refractivity contribution in [1.29, 1.82) is 0 Å². The molecule has 4 aliphatic rings. The molecule has 42 heavy (non-hydrogen) atoms. The summed E-state index contributed by atoms with van der Waals surface area (Å²) in [4.78, 5) is 10.7. The van der Waals surface area contributed by atoms with Crippen LogP contribution in [0.15, 0.2) is 189 Å². The monoisotopic (exact) mass is 684 g/mol.